The van der Waals surface area contributed by atoms with Gasteiger partial charge in [-0.1, -0.05) is 0 Å². The van der Waals surface area contributed by atoms with Crippen molar-refractivity contribution in [2.45, 2.75) is 19.1 Å². The number of urea groups is 1. The smallest absolute Gasteiger partial charge is 0.418 e. The zero-order valence-electron chi connectivity index (χ0n) is 19.3. The Hall–Kier alpha value is -4.06. The van der Waals surface area contributed by atoms with Gasteiger partial charge < -0.3 is 24.8 Å². The summed E-state index contributed by atoms with van der Waals surface area (Å²) >= 11 is 1.33. The maximum Gasteiger partial charge on any atom is 0.418 e. The highest BCUT2D eigenvalue weighted by molar-refractivity contribution is 7.09. The monoisotopic (exact) mass is 518 g/mol. The van der Waals surface area contributed by atoms with Crippen LogP contribution in [0.2, 0.25) is 0 Å². The van der Waals surface area contributed by atoms with Crippen molar-refractivity contribution in [3.8, 4) is 23.0 Å². The van der Waals surface area contributed by atoms with Crippen molar-refractivity contribution >= 4 is 34.0 Å². The quantitative estimate of drug-likeness (QED) is 0.294. The second-order valence-corrected chi connectivity index (χ2v) is 8.46. The van der Waals surface area contributed by atoms with Gasteiger partial charge in [0, 0.05) is 29.2 Å². The summed E-state index contributed by atoms with van der Waals surface area (Å²) in [6.45, 7) is 1.68. The van der Waals surface area contributed by atoms with Gasteiger partial charge in [0.25, 0.3) is 0 Å². The fourth-order valence-corrected chi connectivity index (χ4v) is 4.10. The van der Waals surface area contributed by atoms with Crippen LogP contribution >= 0.6 is 11.3 Å². The third-order valence-corrected chi connectivity index (χ3v) is 6.11. The van der Waals surface area contributed by atoms with Crippen molar-refractivity contribution < 1.29 is 32.2 Å². The van der Waals surface area contributed by atoms with Crippen LogP contribution in [0.3, 0.4) is 0 Å². The second-order valence-electron chi connectivity index (χ2n) is 7.53. The molecule has 8 nitrogen and oxygen atoms in total. The van der Waals surface area contributed by atoms with E-state index in [0.717, 1.165) is 12.1 Å². The predicted molar refractivity (Wildman–Crippen MR) is 129 cm³/mol. The van der Waals surface area contributed by atoms with E-state index in [1.54, 1.807) is 30.6 Å². The second kappa shape index (κ2) is 10.3. The number of methoxy groups -OCH3 is 2. The number of rotatable bonds is 7. The predicted octanol–water partition coefficient (Wildman–Crippen LogP) is 6.40. The molecular weight excluding hydrogens is 497 g/mol. The molecule has 0 saturated carbocycles. The van der Waals surface area contributed by atoms with Gasteiger partial charge in [-0.05, 0) is 37.3 Å². The first-order chi connectivity index (χ1) is 17.2. The number of nitrogens with zero attached hydrogens (tertiary/aromatic N) is 2. The van der Waals surface area contributed by atoms with Gasteiger partial charge in [-0.15, -0.1) is 11.3 Å². The molecule has 4 aromatic rings. The number of carbonyl (C=O) groups is 1. The number of halogens is 3. The number of thiazole rings is 1. The molecule has 2 heterocycles. The summed E-state index contributed by atoms with van der Waals surface area (Å²) in [6.07, 6.45) is -1.70. The van der Waals surface area contributed by atoms with E-state index in [2.05, 4.69) is 20.6 Å². The van der Waals surface area contributed by atoms with E-state index in [0.29, 0.717) is 27.4 Å². The molecule has 4 rings (SSSR count). The van der Waals surface area contributed by atoms with Crippen molar-refractivity contribution in [1.29, 1.82) is 0 Å². The fourth-order valence-electron chi connectivity index (χ4n) is 3.46. The van der Waals surface area contributed by atoms with E-state index in [-0.39, 0.29) is 11.5 Å². The summed E-state index contributed by atoms with van der Waals surface area (Å²) in [5, 5.41) is 7.73. The number of nitrogens with one attached hydrogen (secondary N) is 2. The number of anilines is 1. The van der Waals surface area contributed by atoms with Crippen LogP contribution in [0.5, 0.6) is 23.0 Å². The van der Waals surface area contributed by atoms with Crippen molar-refractivity contribution in [3.63, 3.8) is 0 Å². The van der Waals surface area contributed by atoms with Crippen molar-refractivity contribution in [3.05, 3.63) is 64.7 Å². The number of pyridine rings is 1. The molecule has 2 N–H and O–H groups in total. The Morgan fingerprint density at radius 3 is 2.42 bits per heavy atom. The van der Waals surface area contributed by atoms with E-state index in [1.165, 1.54) is 43.9 Å². The van der Waals surface area contributed by atoms with Crippen LogP contribution in [0.1, 0.15) is 23.5 Å². The third-order valence-electron chi connectivity index (χ3n) is 5.15. The number of benzene rings is 2. The molecule has 1 atom stereocenters. The van der Waals surface area contributed by atoms with Crippen molar-refractivity contribution in [2.75, 3.05) is 19.5 Å². The highest BCUT2D eigenvalue weighted by Gasteiger charge is 2.35. The molecule has 2 aromatic carbocycles. The van der Waals surface area contributed by atoms with E-state index < -0.39 is 29.5 Å². The molecule has 0 saturated heterocycles. The van der Waals surface area contributed by atoms with Gasteiger partial charge in [0.1, 0.15) is 16.5 Å². The Labute approximate surface area is 208 Å². The molecule has 0 aliphatic carbocycles. The normalized spacial score (nSPS) is 12.2. The van der Waals surface area contributed by atoms with Crippen LogP contribution in [0.25, 0.3) is 10.9 Å². The first-order valence-electron chi connectivity index (χ1n) is 10.6. The molecule has 0 spiro atoms. The van der Waals surface area contributed by atoms with Crippen LogP contribution in [0, 0.1) is 0 Å². The Balaban J connectivity index is 1.61. The summed E-state index contributed by atoms with van der Waals surface area (Å²) in [5.74, 6) is 1.06. The van der Waals surface area contributed by atoms with Gasteiger partial charge in [-0.3, -0.25) is 4.98 Å². The number of carbonyl (C=O) groups excluding carboxylic acids is 1. The van der Waals surface area contributed by atoms with Gasteiger partial charge in [0.05, 0.1) is 37.0 Å². The van der Waals surface area contributed by atoms with Crippen LogP contribution in [0.15, 0.2) is 54.2 Å². The molecule has 0 aliphatic rings. The van der Waals surface area contributed by atoms with E-state index in [1.807, 2.05) is 0 Å². The minimum Gasteiger partial charge on any atom is -0.493 e. The Morgan fingerprint density at radius 2 is 1.75 bits per heavy atom. The van der Waals surface area contributed by atoms with Crippen LogP contribution in [-0.2, 0) is 6.18 Å². The lowest BCUT2D eigenvalue weighted by molar-refractivity contribution is -0.137. The SMILES string of the molecule is COc1cc2nccc(Oc3ccc(NC(=O)NC(C)c4nccs4)c(C(F)(F)F)c3)c2cc1OC. The first kappa shape index (κ1) is 25.0. The van der Waals surface area contributed by atoms with E-state index in [4.69, 9.17) is 14.2 Å². The lowest BCUT2D eigenvalue weighted by atomic mass is 10.1. The summed E-state index contributed by atoms with van der Waals surface area (Å²) in [6, 6.07) is 6.83. The first-order valence-corrected chi connectivity index (χ1v) is 11.4. The summed E-state index contributed by atoms with van der Waals surface area (Å²) in [7, 11) is 2.95. The highest BCUT2D eigenvalue weighted by Crippen LogP contribution is 2.40. The number of hydrogen-bond acceptors (Lipinski definition) is 7. The van der Waals surface area contributed by atoms with Crippen LogP contribution < -0.4 is 24.8 Å². The number of fused-ring (bicyclic) bond motifs is 1. The average Bonchev–Trinajstić information content (AvgIpc) is 3.39. The number of amides is 2. The number of ether oxygens (including phenoxy) is 3. The largest absolute Gasteiger partial charge is 0.493 e. The lowest BCUT2D eigenvalue weighted by Gasteiger charge is -2.18. The molecule has 0 bridgehead atoms. The fraction of sp³-hybridized carbons (Fsp3) is 0.208. The van der Waals surface area contributed by atoms with Crippen molar-refractivity contribution in [2.24, 2.45) is 0 Å². The van der Waals surface area contributed by atoms with Crippen LogP contribution in [0.4, 0.5) is 23.7 Å². The van der Waals surface area contributed by atoms with Gasteiger partial charge >= 0.3 is 12.2 Å². The maximum absolute atomic E-state index is 13.9. The highest BCUT2D eigenvalue weighted by atomic mass is 32.1. The van der Waals surface area contributed by atoms with Crippen molar-refractivity contribution in [1.82, 2.24) is 15.3 Å². The average molecular weight is 519 g/mol. The van der Waals surface area contributed by atoms with Gasteiger partial charge in [0.15, 0.2) is 11.5 Å². The molecule has 0 radical (unpaired) electrons. The minimum atomic E-state index is -4.75. The maximum atomic E-state index is 13.9. The molecule has 2 aromatic heterocycles. The summed E-state index contributed by atoms with van der Waals surface area (Å²) < 4.78 is 58.0. The van der Waals surface area contributed by atoms with Gasteiger partial charge in [-0.25, -0.2) is 9.78 Å². The Morgan fingerprint density at radius 1 is 1.00 bits per heavy atom. The van der Waals surface area contributed by atoms with Gasteiger partial charge in [-0.2, -0.15) is 13.2 Å². The summed E-state index contributed by atoms with van der Waals surface area (Å²) in [5.41, 5.74) is -0.968. The molecule has 12 heteroatoms. The Kier molecular flexibility index (Phi) is 7.15. The molecule has 2 amide bonds. The molecule has 36 heavy (non-hydrogen) atoms. The topological polar surface area (TPSA) is 94.6 Å². The molecule has 0 aliphatic heterocycles. The zero-order valence-corrected chi connectivity index (χ0v) is 20.2. The Bertz CT molecular complexity index is 1380. The van der Waals surface area contributed by atoms with Crippen LogP contribution in [-0.4, -0.2) is 30.2 Å². The van der Waals surface area contributed by atoms with E-state index in [9.17, 15) is 18.0 Å². The molecule has 188 valence electrons. The summed E-state index contributed by atoms with van der Waals surface area (Å²) in [4.78, 5) is 20.7. The number of aromatic nitrogens is 2. The zero-order chi connectivity index (χ0) is 25.9. The molecule has 1 unspecified atom stereocenters. The molecular formula is C24H21F3N4O4S. The number of hydrogen-bond donors (Lipinski definition) is 2. The van der Waals surface area contributed by atoms with E-state index >= 15 is 0 Å². The minimum absolute atomic E-state index is 0.0771. The molecule has 0 fully saturated rings. The number of alkyl halides is 3. The lowest BCUT2D eigenvalue weighted by Crippen LogP contribution is -2.31. The third kappa shape index (κ3) is 5.43. The standard InChI is InChI=1S/C24H21F3N4O4S/c1-13(22-29-8-9-36-22)30-23(32)31-17-5-4-14(10-16(17)24(25,26)27)35-19-6-7-28-18-12-21(34-3)20(33-2)11-15(18)19/h4-13H,1-3H3,(H2,30,31,32). The van der Waals surface area contributed by atoms with Gasteiger partial charge in [0.2, 0.25) is 0 Å².